The molecule has 0 spiro atoms. The molecule has 0 aliphatic heterocycles. The SMILES string of the molecule is N#CCc1cnc(CBr)c(C(F)F)c1. The first-order valence-electron chi connectivity index (χ1n) is 3.87. The highest BCUT2D eigenvalue weighted by molar-refractivity contribution is 9.08. The normalized spacial score (nSPS) is 10.2. The van der Waals surface area contributed by atoms with Gasteiger partial charge in [0.05, 0.1) is 18.2 Å². The monoisotopic (exact) mass is 260 g/mol. The summed E-state index contributed by atoms with van der Waals surface area (Å²) in [5.74, 6) is 0. The third-order valence-electron chi connectivity index (χ3n) is 1.71. The lowest BCUT2D eigenvalue weighted by Crippen LogP contribution is -1.98. The Morgan fingerprint density at radius 1 is 1.57 bits per heavy atom. The number of rotatable bonds is 3. The van der Waals surface area contributed by atoms with E-state index < -0.39 is 6.43 Å². The van der Waals surface area contributed by atoms with Gasteiger partial charge in [-0.15, -0.1) is 0 Å². The maximum Gasteiger partial charge on any atom is 0.265 e. The minimum Gasteiger partial charge on any atom is -0.260 e. The Bertz CT molecular complexity index is 360. The first kappa shape index (κ1) is 11.1. The Morgan fingerprint density at radius 3 is 2.79 bits per heavy atom. The molecule has 0 unspecified atom stereocenters. The summed E-state index contributed by atoms with van der Waals surface area (Å²) in [6.45, 7) is 0. The number of hydrogen-bond acceptors (Lipinski definition) is 2. The predicted molar refractivity (Wildman–Crippen MR) is 51.1 cm³/mol. The van der Waals surface area contributed by atoms with Crippen LogP contribution >= 0.6 is 15.9 Å². The molecule has 0 aliphatic carbocycles. The molecule has 14 heavy (non-hydrogen) atoms. The fourth-order valence-electron chi connectivity index (χ4n) is 1.04. The molecule has 0 N–H and O–H groups in total. The van der Waals surface area contributed by atoms with E-state index in [1.807, 2.05) is 6.07 Å². The van der Waals surface area contributed by atoms with Crippen molar-refractivity contribution in [3.05, 3.63) is 29.1 Å². The molecule has 74 valence electrons. The summed E-state index contributed by atoms with van der Waals surface area (Å²) in [4.78, 5) is 3.86. The Kier molecular flexibility index (Phi) is 3.96. The van der Waals surface area contributed by atoms with Crippen LogP contribution < -0.4 is 0 Å². The summed E-state index contributed by atoms with van der Waals surface area (Å²) in [5.41, 5.74) is 0.740. The number of nitriles is 1. The Balaban J connectivity index is 3.09. The number of halogens is 3. The molecule has 0 amide bonds. The van der Waals surface area contributed by atoms with Gasteiger partial charge in [0.15, 0.2) is 0 Å². The number of nitrogens with zero attached hydrogens (tertiary/aromatic N) is 2. The van der Waals surface area contributed by atoms with Crippen molar-refractivity contribution in [2.24, 2.45) is 0 Å². The highest BCUT2D eigenvalue weighted by atomic mass is 79.9. The summed E-state index contributed by atoms with van der Waals surface area (Å²) in [7, 11) is 0. The standard InChI is InChI=1S/C9H7BrF2N2/c10-4-8-7(9(11)12)3-6(1-2-13)5-14-8/h3,5,9H,1,4H2. The predicted octanol–water partition coefficient (Wildman–Crippen LogP) is 2.98. The average Bonchev–Trinajstić information content (AvgIpc) is 2.18. The van der Waals surface area contributed by atoms with Crippen LogP contribution in [0.3, 0.4) is 0 Å². The van der Waals surface area contributed by atoms with Crippen molar-refractivity contribution in [2.75, 3.05) is 0 Å². The summed E-state index contributed by atoms with van der Waals surface area (Å²) in [6, 6.07) is 3.22. The molecule has 0 aromatic carbocycles. The number of alkyl halides is 3. The second-order valence-corrected chi connectivity index (χ2v) is 3.21. The second-order valence-electron chi connectivity index (χ2n) is 2.65. The molecular weight excluding hydrogens is 254 g/mol. The van der Waals surface area contributed by atoms with Crippen molar-refractivity contribution < 1.29 is 8.78 Å². The zero-order valence-electron chi connectivity index (χ0n) is 7.17. The molecule has 1 aromatic rings. The van der Waals surface area contributed by atoms with Crippen LogP contribution in [0.2, 0.25) is 0 Å². The summed E-state index contributed by atoms with van der Waals surface area (Å²) < 4.78 is 25.0. The van der Waals surface area contributed by atoms with Crippen LogP contribution in [-0.4, -0.2) is 4.98 Å². The van der Waals surface area contributed by atoms with Crippen LogP contribution in [0.25, 0.3) is 0 Å². The molecule has 1 rings (SSSR count). The van der Waals surface area contributed by atoms with Crippen molar-refractivity contribution in [1.82, 2.24) is 4.98 Å². The molecular formula is C9H7BrF2N2. The van der Waals surface area contributed by atoms with Gasteiger partial charge < -0.3 is 0 Å². The van der Waals surface area contributed by atoms with Crippen LogP contribution in [0.4, 0.5) is 8.78 Å². The van der Waals surface area contributed by atoms with E-state index in [9.17, 15) is 8.78 Å². The molecule has 0 radical (unpaired) electrons. The first-order chi connectivity index (χ1) is 6.69. The first-order valence-corrected chi connectivity index (χ1v) is 5.00. The molecule has 0 bridgehead atoms. The Hall–Kier alpha value is -1.02. The highest BCUT2D eigenvalue weighted by Gasteiger charge is 2.13. The number of aromatic nitrogens is 1. The van der Waals surface area contributed by atoms with Crippen molar-refractivity contribution in [3.8, 4) is 6.07 Å². The smallest absolute Gasteiger partial charge is 0.260 e. The van der Waals surface area contributed by atoms with Crippen LogP contribution in [0.1, 0.15) is 23.2 Å². The summed E-state index contributed by atoms with van der Waals surface area (Å²) in [6.07, 6.45) is -0.991. The minimum atomic E-state index is -2.55. The van der Waals surface area contributed by atoms with E-state index >= 15 is 0 Å². The highest BCUT2D eigenvalue weighted by Crippen LogP contribution is 2.24. The van der Waals surface area contributed by atoms with E-state index in [0.717, 1.165) is 0 Å². The molecule has 5 heteroatoms. The molecule has 0 fully saturated rings. The molecule has 2 nitrogen and oxygen atoms in total. The zero-order chi connectivity index (χ0) is 10.6. The van der Waals surface area contributed by atoms with E-state index in [4.69, 9.17) is 5.26 Å². The summed E-state index contributed by atoms with van der Waals surface area (Å²) >= 11 is 3.08. The zero-order valence-corrected chi connectivity index (χ0v) is 8.76. The van der Waals surface area contributed by atoms with E-state index in [1.165, 1.54) is 12.3 Å². The lowest BCUT2D eigenvalue weighted by Gasteiger charge is -2.06. The van der Waals surface area contributed by atoms with Gasteiger partial charge in [-0.25, -0.2) is 8.78 Å². The molecule has 0 atom stereocenters. The van der Waals surface area contributed by atoms with Crippen molar-refractivity contribution in [3.63, 3.8) is 0 Å². The average molecular weight is 261 g/mol. The fourth-order valence-corrected chi connectivity index (χ4v) is 1.51. The van der Waals surface area contributed by atoms with E-state index in [-0.39, 0.29) is 12.0 Å². The van der Waals surface area contributed by atoms with Gasteiger partial charge in [0.25, 0.3) is 6.43 Å². The van der Waals surface area contributed by atoms with Gasteiger partial charge in [-0.1, -0.05) is 15.9 Å². The molecule has 0 saturated carbocycles. The van der Waals surface area contributed by atoms with Crippen LogP contribution in [-0.2, 0) is 11.8 Å². The van der Waals surface area contributed by atoms with Crippen molar-refractivity contribution >= 4 is 15.9 Å². The third-order valence-corrected chi connectivity index (χ3v) is 2.24. The van der Waals surface area contributed by atoms with Crippen LogP contribution in [0.5, 0.6) is 0 Å². The topological polar surface area (TPSA) is 36.7 Å². The van der Waals surface area contributed by atoms with Crippen molar-refractivity contribution in [2.45, 2.75) is 18.2 Å². The second kappa shape index (κ2) is 5.01. The lowest BCUT2D eigenvalue weighted by molar-refractivity contribution is 0.150. The quantitative estimate of drug-likeness (QED) is 0.784. The molecule has 1 heterocycles. The van der Waals surface area contributed by atoms with Gasteiger partial charge in [0, 0.05) is 17.1 Å². The maximum absolute atomic E-state index is 12.5. The molecule has 1 aromatic heterocycles. The van der Waals surface area contributed by atoms with Crippen molar-refractivity contribution in [1.29, 1.82) is 5.26 Å². The van der Waals surface area contributed by atoms with Gasteiger partial charge in [0.1, 0.15) is 0 Å². The van der Waals surface area contributed by atoms with E-state index in [2.05, 4.69) is 20.9 Å². The largest absolute Gasteiger partial charge is 0.265 e. The van der Waals surface area contributed by atoms with Gasteiger partial charge in [0.2, 0.25) is 0 Å². The number of hydrogen-bond donors (Lipinski definition) is 0. The van der Waals surface area contributed by atoms with Gasteiger partial charge >= 0.3 is 0 Å². The Morgan fingerprint density at radius 2 is 2.29 bits per heavy atom. The van der Waals surface area contributed by atoms with Crippen LogP contribution in [0, 0.1) is 11.3 Å². The van der Waals surface area contributed by atoms with Gasteiger partial charge in [-0.3, -0.25) is 4.98 Å². The third kappa shape index (κ3) is 2.48. The summed E-state index contributed by atoms with van der Waals surface area (Å²) in [5, 5.41) is 8.69. The maximum atomic E-state index is 12.5. The molecule has 0 aliphatic rings. The lowest BCUT2D eigenvalue weighted by atomic mass is 10.1. The van der Waals surface area contributed by atoms with E-state index in [0.29, 0.717) is 16.6 Å². The minimum absolute atomic E-state index is 0.102. The van der Waals surface area contributed by atoms with Crippen LogP contribution in [0.15, 0.2) is 12.3 Å². The fraction of sp³-hybridized carbons (Fsp3) is 0.333. The van der Waals surface area contributed by atoms with E-state index in [1.54, 1.807) is 0 Å². The Labute approximate surface area is 88.7 Å². The van der Waals surface area contributed by atoms with Gasteiger partial charge in [-0.05, 0) is 11.6 Å². The number of pyridine rings is 1. The molecule has 0 saturated heterocycles. The van der Waals surface area contributed by atoms with Gasteiger partial charge in [-0.2, -0.15) is 5.26 Å².